The Kier molecular flexibility index (Phi) is 4.15. The van der Waals surface area contributed by atoms with Gasteiger partial charge in [0.1, 0.15) is 4.83 Å². The summed E-state index contributed by atoms with van der Waals surface area (Å²) in [5.74, 6) is 0.187. The van der Waals surface area contributed by atoms with Gasteiger partial charge in [-0.3, -0.25) is 14.3 Å². The molecular weight excluding hydrogens is 300 g/mol. The third kappa shape index (κ3) is 2.85. The molecule has 0 bridgehead atoms. The molecule has 2 aromatic rings. The molecule has 1 N–H and O–H groups in total. The number of hydrogen-bond acceptors (Lipinski definition) is 4. The van der Waals surface area contributed by atoms with Crippen LogP contribution in [0.4, 0.5) is 0 Å². The molecule has 2 aromatic heterocycles. The molecule has 0 aliphatic carbocycles. The summed E-state index contributed by atoms with van der Waals surface area (Å²) in [6.07, 6.45) is 2.42. The van der Waals surface area contributed by atoms with Crippen LogP contribution in [0.2, 0.25) is 0 Å². The number of carbonyl (C=O) groups is 2. The molecule has 0 radical (unpaired) electrons. The molecular formula is C15H20N4O2S. The van der Waals surface area contributed by atoms with E-state index in [-0.39, 0.29) is 11.8 Å². The Morgan fingerprint density at radius 2 is 2.32 bits per heavy atom. The number of likely N-dealkylation sites (tertiary alicyclic amines) is 1. The quantitative estimate of drug-likeness (QED) is 0.853. The van der Waals surface area contributed by atoms with Crippen molar-refractivity contribution in [3.63, 3.8) is 0 Å². The van der Waals surface area contributed by atoms with E-state index in [0.29, 0.717) is 17.8 Å². The summed E-state index contributed by atoms with van der Waals surface area (Å²) in [5, 5.41) is 8.31. The molecule has 2 amide bonds. The first-order valence-electron chi connectivity index (χ1n) is 7.55. The van der Waals surface area contributed by atoms with Gasteiger partial charge >= 0.3 is 0 Å². The van der Waals surface area contributed by atoms with Gasteiger partial charge in [-0.05, 0) is 25.8 Å². The van der Waals surface area contributed by atoms with Crippen molar-refractivity contribution in [2.24, 2.45) is 7.05 Å². The van der Waals surface area contributed by atoms with Crippen LogP contribution in [-0.2, 0) is 11.8 Å². The summed E-state index contributed by atoms with van der Waals surface area (Å²) in [7, 11) is 1.89. The van der Waals surface area contributed by atoms with Gasteiger partial charge in [-0.1, -0.05) is 0 Å². The summed E-state index contributed by atoms with van der Waals surface area (Å²) in [5.41, 5.74) is 0.945. The van der Waals surface area contributed by atoms with Gasteiger partial charge in [-0.15, -0.1) is 11.3 Å². The first kappa shape index (κ1) is 15.0. The maximum absolute atomic E-state index is 12.2. The van der Waals surface area contributed by atoms with Crippen LogP contribution in [0.15, 0.2) is 6.07 Å². The fraction of sp³-hybridized carbons (Fsp3) is 0.533. The van der Waals surface area contributed by atoms with Crippen LogP contribution in [0.3, 0.4) is 0 Å². The van der Waals surface area contributed by atoms with E-state index in [9.17, 15) is 9.59 Å². The van der Waals surface area contributed by atoms with E-state index in [0.717, 1.165) is 41.8 Å². The van der Waals surface area contributed by atoms with Crippen LogP contribution in [0.5, 0.6) is 0 Å². The third-order valence-electron chi connectivity index (χ3n) is 3.98. The van der Waals surface area contributed by atoms with Gasteiger partial charge in [0, 0.05) is 38.5 Å². The van der Waals surface area contributed by atoms with Crippen LogP contribution < -0.4 is 5.32 Å². The van der Waals surface area contributed by atoms with Crippen molar-refractivity contribution < 1.29 is 9.59 Å². The number of rotatable bonds is 5. The molecule has 1 aliphatic rings. The summed E-state index contributed by atoms with van der Waals surface area (Å²) < 4.78 is 1.81. The molecule has 0 spiro atoms. The molecule has 0 aromatic carbocycles. The molecule has 6 nitrogen and oxygen atoms in total. The lowest BCUT2D eigenvalue weighted by Crippen LogP contribution is -2.30. The van der Waals surface area contributed by atoms with E-state index < -0.39 is 0 Å². The van der Waals surface area contributed by atoms with Crippen molar-refractivity contribution in [2.45, 2.75) is 26.2 Å². The molecule has 1 saturated heterocycles. The van der Waals surface area contributed by atoms with E-state index in [1.54, 1.807) is 0 Å². The molecule has 118 valence electrons. The second-order valence-corrected chi connectivity index (χ2v) is 6.66. The van der Waals surface area contributed by atoms with Crippen LogP contribution in [0, 0.1) is 6.92 Å². The Morgan fingerprint density at radius 3 is 3.00 bits per heavy atom. The maximum Gasteiger partial charge on any atom is 0.261 e. The van der Waals surface area contributed by atoms with E-state index in [2.05, 4.69) is 10.4 Å². The van der Waals surface area contributed by atoms with E-state index in [4.69, 9.17) is 0 Å². The lowest BCUT2D eigenvalue weighted by molar-refractivity contribution is -0.127. The van der Waals surface area contributed by atoms with Crippen molar-refractivity contribution >= 4 is 33.4 Å². The van der Waals surface area contributed by atoms with Crippen molar-refractivity contribution in [1.82, 2.24) is 20.0 Å². The fourth-order valence-corrected chi connectivity index (χ4v) is 3.86. The van der Waals surface area contributed by atoms with Gasteiger partial charge in [0.25, 0.3) is 5.91 Å². The number of aromatic nitrogens is 2. The first-order valence-corrected chi connectivity index (χ1v) is 8.37. The van der Waals surface area contributed by atoms with E-state index in [1.165, 1.54) is 11.3 Å². The minimum Gasteiger partial charge on any atom is -0.351 e. The van der Waals surface area contributed by atoms with E-state index >= 15 is 0 Å². The van der Waals surface area contributed by atoms with Gasteiger partial charge < -0.3 is 10.2 Å². The molecule has 22 heavy (non-hydrogen) atoms. The molecule has 7 heteroatoms. The van der Waals surface area contributed by atoms with Crippen molar-refractivity contribution in [3.8, 4) is 0 Å². The number of amides is 2. The highest BCUT2D eigenvalue weighted by Gasteiger charge is 2.19. The highest BCUT2D eigenvalue weighted by molar-refractivity contribution is 7.20. The normalized spacial score (nSPS) is 15.0. The van der Waals surface area contributed by atoms with Crippen LogP contribution in [0.25, 0.3) is 10.2 Å². The molecule has 0 atom stereocenters. The number of aryl methyl sites for hydroxylation is 2. The largest absolute Gasteiger partial charge is 0.351 e. The Hall–Kier alpha value is -1.89. The second-order valence-electron chi connectivity index (χ2n) is 5.63. The summed E-state index contributed by atoms with van der Waals surface area (Å²) >= 11 is 1.46. The summed E-state index contributed by atoms with van der Waals surface area (Å²) in [6, 6.07) is 1.90. The number of fused-ring (bicyclic) bond motifs is 1. The minimum atomic E-state index is -0.0478. The highest BCUT2D eigenvalue weighted by atomic mass is 32.1. The van der Waals surface area contributed by atoms with Gasteiger partial charge in [-0.25, -0.2) is 0 Å². The molecule has 3 heterocycles. The zero-order valence-corrected chi connectivity index (χ0v) is 13.7. The minimum absolute atomic E-state index is 0.0478. The topological polar surface area (TPSA) is 67.2 Å². The summed E-state index contributed by atoms with van der Waals surface area (Å²) in [6.45, 7) is 4.13. The number of carbonyl (C=O) groups excluding carboxylic acids is 2. The van der Waals surface area contributed by atoms with Crippen molar-refractivity contribution in [3.05, 3.63) is 16.6 Å². The number of hydrogen-bond donors (Lipinski definition) is 1. The van der Waals surface area contributed by atoms with Crippen LogP contribution in [-0.4, -0.2) is 46.1 Å². The van der Waals surface area contributed by atoms with Gasteiger partial charge in [0.2, 0.25) is 5.91 Å². The highest BCUT2D eigenvalue weighted by Crippen LogP contribution is 2.27. The standard InChI is InChI=1S/C15H20N4O2S/c1-10-11-9-12(22-15(11)18(2)17-10)14(21)16-6-4-8-19-7-3-5-13(19)20/h9H,3-8H2,1-2H3,(H,16,21). The Balaban J connectivity index is 1.52. The lowest BCUT2D eigenvalue weighted by Gasteiger charge is -2.15. The maximum atomic E-state index is 12.2. The molecule has 0 unspecified atom stereocenters. The predicted octanol–water partition coefficient (Wildman–Crippen LogP) is 1.69. The Morgan fingerprint density at radius 1 is 1.50 bits per heavy atom. The van der Waals surface area contributed by atoms with Crippen molar-refractivity contribution in [2.75, 3.05) is 19.6 Å². The predicted molar refractivity (Wildman–Crippen MR) is 86.1 cm³/mol. The van der Waals surface area contributed by atoms with Crippen LogP contribution in [0.1, 0.15) is 34.6 Å². The average Bonchev–Trinajstić information content (AvgIpc) is 3.15. The molecule has 0 saturated carbocycles. The van der Waals surface area contributed by atoms with Crippen LogP contribution >= 0.6 is 11.3 Å². The smallest absolute Gasteiger partial charge is 0.261 e. The SMILES string of the molecule is Cc1nn(C)c2sc(C(=O)NCCCN3CCCC3=O)cc12. The fourth-order valence-electron chi connectivity index (χ4n) is 2.82. The zero-order chi connectivity index (χ0) is 15.7. The van der Waals surface area contributed by atoms with E-state index in [1.807, 2.05) is 29.6 Å². The lowest BCUT2D eigenvalue weighted by atomic mass is 10.3. The number of nitrogens with one attached hydrogen (secondary N) is 1. The zero-order valence-electron chi connectivity index (χ0n) is 12.9. The molecule has 1 fully saturated rings. The third-order valence-corrected chi connectivity index (χ3v) is 5.18. The Bertz CT molecular complexity index is 684. The number of thiophene rings is 1. The number of nitrogens with zero attached hydrogens (tertiary/aromatic N) is 3. The monoisotopic (exact) mass is 320 g/mol. The first-order chi connectivity index (χ1) is 10.6. The van der Waals surface area contributed by atoms with Gasteiger partial charge in [0.15, 0.2) is 0 Å². The Labute approximate surface area is 133 Å². The van der Waals surface area contributed by atoms with Gasteiger partial charge in [0.05, 0.1) is 10.6 Å². The molecule has 3 rings (SSSR count). The average molecular weight is 320 g/mol. The van der Waals surface area contributed by atoms with Gasteiger partial charge in [-0.2, -0.15) is 5.10 Å². The molecule has 1 aliphatic heterocycles. The second kappa shape index (κ2) is 6.08. The summed E-state index contributed by atoms with van der Waals surface area (Å²) in [4.78, 5) is 27.3. The van der Waals surface area contributed by atoms with Crippen molar-refractivity contribution in [1.29, 1.82) is 0 Å².